The summed E-state index contributed by atoms with van der Waals surface area (Å²) in [5.41, 5.74) is 5.03. The van der Waals surface area contributed by atoms with Gasteiger partial charge in [0.2, 0.25) is 5.91 Å². The van der Waals surface area contributed by atoms with Crippen molar-refractivity contribution >= 4 is 17.6 Å². The third kappa shape index (κ3) is 6.61. The van der Waals surface area contributed by atoms with Crippen LogP contribution in [0.3, 0.4) is 0 Å². The third-order valence-corrected chi connectivity index (χ3v) is 4.53. The first-order valence-corrected chi connectivity index (χ1v) is 9.44. The summed E-state index contributed by atoms with van der Waals surface area (Å²) in [7, 11) is 0. The molecule has 2 rings (SSSR count). The molecule has 0 radical (unpaired) electrons. The maximum Gasteiger partial charge on any atom is 0.315 e. The zero-order valence-corrected chi connectivity index (χ0v) is 16.9. The first-order valence-electron chi connectivity index (χ1n) is 9.44. The number of aromatic hydroxyl groups is 1. The number of amides is 3. The van der Waals surface area contributed by atoms with E-state index in [2.05, 4.69) is 16.0 Å². The molecular weight excluding hydrogens is 354 g/mol. The molecule has 1 unspecified atom stereocenters. The van der Waals surface area contributed by atoms with E-state index >= 15 is 0 Å². The van der Waals surface area contributed by atoms with Gasteiger partial charge in [-0.15, -0.1) is 0 Å². The van der Waals surface area contributed by atoms with Crippen LogP contribution in [0, 0.1) is 20.8 Å². The minimum Gasteiger partial charge on any atom is -0.508 e. The van der Waals surface area contributed by atoms with E-state index in [1.165, 1.54) is 0 Å². The fraction of sp³-hybridized carbons (Fsp3) is 0.364. The number of hydrogen-bond acceptors (Lipinski definition) is 3. The molecule has 0 aliphatic carbocycles. The summed E-state index contributed by atoms with van der Waals surface area (Å²) in [5.74, 6) is -0.0226. The van der Waals surface area contributed by atoms with E-state index in [0.717, 1.165) is 40.8 Å². The Morgan fingerprint density at radius 1 is 1.04 bits per heavy atom. The quantitative estimate of drug-likeness (QED) is 0.589. The van der Waals surface area contributed by atoms with Crippen molar-refractivity contribution in [1.82, 2.24) is 10.6 Å². The molecule has 1 atom stereocenters. The lowest BCUT2D eigenvalue weighted by Crippen LogP contribution is -2.43. The van der Waals surface area contributed by atoms with Crippen molar-refractivity contribution in [2.24, 2.45) is 0 Å². The molecule has 0 saturated carbocycles. The van der Waals surface area contributed by atoms with Gasteiger partial charge in [-0.05, 0) is 69.4 Å². The summed E-state index contributed by atoms with van der Waals surface area (Å²) in [6, 6.07) is 10.6. The van der Waals surface area contributed by atoms with Crippen LogP contribution in [0.2, 0.25) is 0 Å². The Hall–Kier alpha value is -3.02. The summed E-state index contributed by atoms with van der Waals surface area (Å²) in [5, 5.41) is 17.6. The average Bonchev–Trinajstić information content (AvgIpc) is 2.62. The third-order valence-electron chi connectivity index (χ3n) is 4.53. The minimum absolute atomic E-state index is 0.0431. The lowest BCUT2D eigenvalue weighted by molar-refractivity contribution is -0.115. The van der Waals surface area contributed by atoms with Crippen molar-refractivity contribution in [1.29, 1.82) is 0 Å². The van der Waals surface area contributed by atoms with Crippen molar-refractivity contribution in [3.63, 3.8) is 0 Å². The number of carbonyl (C=O) groups is 2. The predicted molar refractivity (Wildman–Crippen MR) is 112 cm³/mol. The summed E-state index contributed by atoms with van der Waals surface area (Å²) in [4.78, 5) is 24.2. The van der Waals surface area contributed by atoms with Gasteiger partial charge in [0.05, 0.1) is 6.54 Å². The second-order valence-electron chi connectivity index (χ2n) is 7.26. The van der Waals surface area contributed by atoms with Gasteiger partial charge in [0.25, 0.3) is 0 Å². The molecule has 2 aromatic carbocycles. The first kappa shape index (κ1) is 21.3. The number of nitrogens with one attached hydrogen (secondary N) is 3. The fourth-order valence-corrected chi connectivity index (χ4v) is 3.11. The van der Waals surface area contributed by atoms with Gasteiger partial charge >= 0.3 is 6.03 Å². The zero-order valence-electron chi connectivity index (χ0n) is 16.9. The second kappa shape index (κ2) is 9.78. The smallest absolute Gasteiger partial charge is 0.315 e. The predicted octanol–water partition coefficient (Wildman–Crippen LogP) is 3.58. The molecule has 0 aliphatic heterocycles. The Labute approximate surface area is 166 Å². The number of phenols is 1. The molecular formula is C22H29N3O3. The van der Waals surface area contributed by atoms with Gasteiger partial charge in [0.15, 0.2) is 0 Å². The highest BCUT2D eigenvalue weighted by Gasteiger charge is 2.11. The molecule has 0 bridgehead atoms. The van der Waals surface area contributed by atoms with Crippen molar-refractivity contribution in [3.8, 4) is 5.75 Å². The topological polar surface area (TPSA) is 90.5 Å². The van der Waals surface area contributed by atoms with Crippen LogP contribution in [0.4, 0.5) is 10.5 Å². The molecule has 0 heterocycles. The SMILES string of the molecule is Cc1cc(C)c(NC(=O)CNC(=O)NC(C)CCc2ccc(O)cc2)c(C)c1. The van der Waals surface area contributed by atoms with E-state index in [1.807, 2.05) is 52.0 Å². The van der Waals surface area contributed by atoms with Gasteiger partial charge in [-0.25, -0.2) is 4.79 Å². The molecule has 0 spiro atoms. The molecule has 4 N–H and O–H groups in total. The molecule has 2 aromatic rings. The van der Waals surface area contributed by atoms with Gasteiger partial charge in [-0.3, -0.25) is 4.79 Å². The van der Waals surface area contributed by atoms with Crippen LogP contribution in [0.5, 0.6) is 5.75 Å². The summed E-state index contributed by atoms with van der Waals surface area (Å²) >= 11 is 0. The summed E-state index contributed by atoms with van der Waals surface area (Å²) in [6.45, 7) is 7.74. The maximum absolute atomic E-state index is 12.2. The minimum atomic E-state index is -0.370. The van der Waals surface area contributed by atoms with Crippen LogP contribution < -0.4 is 16.0 Å². The van der Waals surface area contributed by atoms with Gasteiger partial charge in [0, 0.05) is 11.7 Å². The van der Waals surface area contributed by atoms with Crippen molar-refractivity contribution in [2.45, 2.75) is 46.6 Å². The van der Waals surface area contributed by atoms with Gasteiger partial charge < -0.3 is 21.1 Å². The number of anilines is 1. The zero-order chi connectivity index (χ0) is 20.7. The molecule has 150 valence electrons. The number of benzene rings is 2. The van der Waals surface area contributed by atoms with Crippen LogP contribution in [0.25, 0.3) is 0 Å². The van der Waals surface area contributed by atoms with Crippen LogP contribution in [-0.4, -0.2) is 29.6 Å². The molecule has 28 heavy (non-hydrogen) atoms. The Kier molecular flexibility index (Phi) is 7.44. The van der Waals surface area contributed by atoms with Crippen molar-refractivity contribution < 1.29 is 14.7 Å². The highest BCUT2D eigenvalue weighted by atomic mass is 16.3. The van der Waals surface area contributed by atoms with E-state index in [-0.39, 0.29) is 30.3 Å². The van der Waals surface area contributed by atoms with E-state index in [1.54, 1.807) is 12.1 Å². The average molecular weight is 383 g/mol. The number of aryl methyl sites for hydroxylation is 4. The Balaban J connectivity index is 1.74. The lowest BCUT2D eigenvalue weighted by Gasteiger charge is -2.16. The lowest BCUT2D eigenvalue weighted by atomic mass is 10.1. The highest BCUT2D eigenvalue weighted by Crippen LogP contribution is 2.21. The second-order valence-corrected chi connectivity index (χ2v) is 7.26. The van der Waals surface area contributed by atoms with Crippen molar-refractivity contribution in [2.75, 3.05) is 11.9 Å². The molecule has 3 amide bonds. The summed E-state index contributed by atoms with van der Waals surface area (Å²) < 4.78 is 0. The molecule has 6 nitrogen and oxygen atoms in total. The fourth-order valence-electron chi connectivity index (χ4n) is 3.11. The first-order chi connectivity index (χ1) is 13.2. The number of rotatable bonds is 7. The van der Waals surface area contributed by atoms with Crippen molar-refractivity contribution in [3.05, 3.63) is 58.7 Å². The van der Waals surface area contributed by atoms with Crippen LogP contribution >= 0.6 is 0 Å². The summed E-state index contributed by atoms with van der Waals surface area (Å²) in [6.07, 6.45) is 1.54. The van der Waals surface area contributed by atoms with E-state index < -0.39 is 0 Å². The monoisotopic (exact) mass is 383 g/mol. The number of carbonyl (C=O) groups excluding carboxylic acids is 2. The van der Waals surface area contributed by atoms with Crippen LogP contribution in [0.1, 0.15) is 35.6 Å². The number of urea groups is 1. The van der Waals surface area contributed by atoms with Gasteiger partial charge in [-0.2, -0.15) is 0 Å². The number of phenolic OH excluding ortho intramolecular Hbond substituents is 1. The highest BCUT2D eigenvalue weighted by molar-refractivity contribution is 5.95. The van der Waals surface area contributed by atoms with Gasteiger partial charge in [-0.1, -0.05) is 29.8 Å². The van der Waals surface area contributed by atoms with E-state index in [9.17, 15) is 14.7 Å². The van der Waals surface area contributed by atoms with Gasteiger partial charge in [0.1, 0.15) is 5.75 Å². The molecule has 6 heteroatoms. The standard InChI is InChI=1S/C22H29N3O3/c1-14-11-15(2)21(16(3)12-14)25-20(27)13-23-22(28)24-17(4)5-6-18-7-9-19(26)10-8-18/h7-12,17,26H,5-6,13H2,1-4H3,(H,25,27)(H2,23,24,28). The largest absolute Gasteiger partial charge is 0.508 e. The molecule has 0 aromatic heterocycles. The normalized spacial score (nSPS) is 11.6. The Morgan fingerprint density at radius 3 is 2.25 bits per heavy atom. The Morgan fingerprint density at radius 2 is 1.64 bits per heavy atom. The maximum atomic E-state index is 12.2. The van der Waals surface area contributed by atoms with E-state index in [4.69, 9.17) is 0 Å². The Bertz CT molecular complexity index is 808. The van der Waals surface area contributed by atoms with E-state index in [0.29, 0.717) is 0 Å². The van der Waals surface area contributed by atoms with Crippen LogP contribution in [0.15, 0.2) is 36.4 Å². The number of hydrogen-bond donors (Lipinski definition) is 4. The van der Waals surface area contributed by atoms with Crippen LogP contribution in [-0.2, 0) is 11.2 Å². The molecule has 0 aliphatic rings. The molecule has 0 saturated heterocycles. The molecule has 0 fully saturated rings.